The maximum absolute atomic E-state index is 12.5. The third kappa shape index (κ3) is 2.02. The Morgan fingerprint density at radius 3 is 2.47 bits per heavy atom. The van der Waals surface area contributed by atoms with Gasteiger partial charge in [0.2, 0.25) is 5.13 Å². The molecule has 0 spiro atoms. The first-order valence-corrected chi connectivity index (χ1v) is 6.25. The van der Waals surface area contributed by atoms with Crippen molar-refractivity contribution in [3.05, 3.63) is 36.0 Å². The molecule has 17 heavy (non-hydrogen) atoms. The van der Waals surface area contributed by atoms with Crippen molar-refractivity contribution in [2.45, 2.75) is 18.8 Å². The molecule has 0 bridgehead atoms. The molecule has 88 valence electrons. The Bertz CT molecular complexity index is 521. The van der Waals surface area contributed by atoms with E-state index in [9.17, 15) is 8.96 Å². The summed E-state index contributed by atoms with van der Waals surface area (Å²) in [4.78, 5) is 4.92. The van der Waals surface area contributed by atoms with Crippen molar-refractivity contribution < 1.29 is 8.96 Å². The second-order valence-corrected chi connectivity index (χ2v) is 5.06. The van der Waals surface area contributed by atoms with Crippen molar-refractivity contribution in [3.63, 3.8) is 0 Å². The van der Waals surface area contributed by atoms with Crippen LogP contribution in [-0.4, -0.2) is 4.98 Å². The summed E-state index contributed by atoms with van der Waals surface area (Å²) >= 11 is 1.05. The highest BCUT2D eigenvalue weighted by atomic mass is 32.1. The van der Waals surface area contributed by atoms with Gasteiger partial charge < -0.3 is 0 Å². The lowest BCUT2D eigenvalue weighted by atomic mass is 10.1. The number of aromatic nitrogens is 1. The van der Waals surface area contributed by atoms with E-state index < -0.39 is 5.34 Å². The number of anilines is 1. The summed E-state index contributed by atoms with van der Waals surface area (Å²) in [6, 6.07) is 9.61. The molecule has 1 aliphatic rings. The Balaban J connectivity index is 2.08. The predicted molar refractivity (Wildman–Crippen MR) is 64.2 cm³/mol. The summed E-state index contributed by atoms with van der Waals surface area (Å²) in [7, 11) is 0. The summed E-state index contributed by atoms with van der Waals surface area (Å²) in [5, 5.41) is -1.12. The van der Waals surface area contributed by atoms with Crippen LogP contribution >= 0.6 is 11.3 Å². The first kappa shape index (κ1) is 10.7. The topological polar surface area (TPSA) is 16.1 Å². The van der Waals surface area contributed by atoms with Gasteiger partial charge in [-0.2, -0.15) is 0 Å². The number of hydrogen-bond donors (Lipinski definition) is 0. The number of halogens is 2. The van der Waals surface area contributed by atoms with Crippen molar-refractivity contribution in [1.82, 2.24) is 4.98 Å². The molecule has 0 amide bonds. The summed E-state index contributed by atoms with van der Waals surface area (Å²) in [5.41, 5.74) is 1.80. The molecule has 2 aromatic rings. The highest BCUT2D eigenvalue weighted by Gasteiger charge is 2.31. The van der Waals surface area contributed by atoms with Crippen LogP contribution in [0, 0.1) is 0 Å². The fraction of sp³-hybridized carbons (Fsp3) is 0.250. The molecular weight excluding hydrogens is 242 g/mol. The first-order valence-electron chi connectivity index (χ1n) is 5.43. The van der Waals surface area contributed by atoms with Crippen LogP contribution in [0.1, 0.15) is 24.5 Å². The zero-order valence-electron chi connectivity index (χ0n) is 8.94. The number of rotatable bonds is 3. The lowest BCUT2D eigenvalue weighted by molar-refractivity contribution is 0.234. The van der Waals surface area contributed by atoms with Gasteiger partial charge in [-0.15, -0.1) is 0 Å². The van der Waals surface area contributed by atoms with Crippen LogP contribution < -0.4 is 5.34 Å². The van der Waals surface area contributed by atoms with E-state index in [0.29, 0.717) is 5.92 Å². The van der Waals surface area contributed by atoms with Gasteiger partial charge in [-0.1, -0.05) is 50.6 Å². The SMILES string of the molecule is FN(F)c1nc(C2CC2)c(-c2ccccc2)s1. The molecule has 0 saturated heterocycles. The summed E-state index contributed by atoms with van der Waals surface area (Å²) in [6.45, 7) is 0. The van der Waals surface area contributed by atoms with Crippen LogP contribution in [0.5, 0.6) is 0 Å². The van der Waals surface area contributed by atoms with Crippen LogP contribution in [0.15, 0.2) is 30.3 Å². The van der Waals surface area contributed by atoms with E-state index in [1.165, 1.54) is 0 Å². The van der Waals surface area contributed by atoms with E-state index >= 15 is 0 Å². The van der Waals surface area contributed by atoms with Crippen molar-refractivity contribution >= 4 is 16.5 Å². The van der Waals surface area contributed by atoms with Gasteiger partial charge in [-0.25, -0.2) is 4.98 Å². The zero-order valence-corrected chi connectivity index (χ0v) is 9.75. The molecule has 2 nitrogen and oxygen atoms in total. The van der Waals surface area contributed by atoms with Crippen molar-refractivity contribution in [2.75, 3.05) is 5.34 Å². The lowest BCUT2D eigenvalue weighted by Crippen LogP contribution is -1.94. The minimum absolute atomic E-state index is 0.217. The van der Waals surface area contributed by atoms with E-state index in [1.807, 2.05) is 30.3 Å². The zero-order chi connectivity index (χ0) is 11.8. The molecule has 5 heteroatoms. The predicted octanol–water partition coefficient (Wildman–Crippen LogP) is 4.26. The fourth-order valence-electron chi connectivity index (χ4n) is 1.82. The van der Waals surface area contributed by atoms with Crippen LogP contribution in [0.25, 0.3) is 10.4 Å². The molecule has 1 aromatic carbocycles. The van der Waals surface area contributed by atoms with Gasteiger partial charge in [-0.3, -0.25) is 0 Å². The molecule has 1 aliphatic carbocycles. The van der Waals surface area contributed by atoms with Crippen LogP contribution in [0.4, 0.5) is 14.1 Å². The average molecular weight is 252 g/mol. The molecule has 1 heterocycles. The molecule has 0 radical (unpaired) electrons. The Morgan fingerprint density at radius 2 is 1.88 bits per heavy atom. The van der Waals surface area contributed by atoms with Gasteiger partial charge in [0, 0.05) is 5.92 Å². The molecule has 0 unspecified atom stereocenters. The van der Waals surface area contributed by atoms with E-state index in [4.69, 9.17) is 0 Å². The summed E-state index contributed by atoms with van der Waals surface area (Å²) in [6.07, 6.45) is 2.11. The van der Waals surface area contributed by atoms with Gasteiger partial charge >= 0.3 is 0 Å². The minimum atomic E-state index is -0.900. The number of nitrogens with zero attached hydrogens (tertiary/aromatic N) is 2. The third-order valence-corrected chi connectivity index (χ3v) is 3.85. The summed E-state index contributed by atoms with van der Waals surface area (Å²) in [5.74, 6) is 0.371. The minimum Gasteiger partial charge on any atom is -0.220 e. The highest BCUT2D eigenvalue weighted by Crippen LogP contribution is 2.47. The van der Waals surface area contributed by atoms with Gasteiger partial charge in [-0.05, 0) is 23.7 Å². The second kappa shape index (κ2) is 4.07. The number of hydrogen-bond acceptors (Lipinski definition) is 3. The molecule has 1 saturated carbocycles. The van der Waals surface area contributed by atoms with Crippen LogP contribution in [-0.2, 0) is 0 Å². The van der Waals surface area contributed by atoms with E-state index in [2.05, 4.69) is 4.98 Å². The standard InChI is InChI=1S/C12H10F2N2S/c13-16(14)12-15-10(8-6-7-8)11(17-12)9-4-2-1-3-5-9/h1-5,8H,6-7H2. The molecule has 1 aromatic heterocycles. The maximum Gasteiger partial charge on any atom is 0.250 e. The Morgan fingerprint density at radius 1 is 1.18 bits per heavy atom. The molecular formula is C12H10F2N2S. The largest absolute Gasteiger partial charge is 0.250 e. The Labute approximate surface area is 101 Å². The first-order chi connectivity index (χ1) is 8.25. The Kier molecular flexibility index (Phi) is 2.55. The molecule has 0 aliphatic heterocycles. The molecule has 0 atom stereocenters. The van der Waals surface area contributed by atoms with Crippen molar-refractivity contribution in [3.8, 4) is 10.4 Å². The van der Waals surface area contributed by atoms with E-state index in [-0.39, 0.29) is 5.13 Å². The van der Waals surface area contributed by atoms with Gasteiger partial charge in [0.1, 0.15) is 0 Å². The normalized spacial score (nSPS) is 14.9. The number of thiazole rings is 1. The lowest BCUT2D eigenvalue weighted by Gasteiger charge is -1.99. The van der Waals surface area contributed by atoms with Crippen molar-refractivity contribution in [2.24, 2.45) is 0 Å². The third-order valence-electron chi connectivity index (χ3n) is 2.79. The van der Waals surface area contributed by atoms with Crippen LogP contribution in [0.2, 0.25) is 0 Å². The van der Waals surface area contributed by atoms with E-state index in [0.717, 1.165) is 40.3 Å². The molecule has 1 fully saturated rings. The monoisotopic (exact) mass is 252 g/mol. The Hall–Kier alpha value is -1.49. The summed E-state index contributed by atoms with van der Waals surface area (Å²) < 4.78 is 25.1. The van der Waals surface area contributed by atoms with Gasteiger partial charge in [0.25, 0.3) is 0 Å². The van der Waals surface area contributed by atoms with Gasteiger partial charge in [0.05, 0.1) is 10.6 Å². The smallest absolute Gasteiger partial charge is 0.220 e. The number of benzene rings is 1. The van der Waals surface area contributed by atoms with Crippen LogP contribution in [0.3, 0.4) is 0 Å². The highest BCUT2D eigenvalue weighted by molar-refractivity contribution is 7.19. The molecule has 3 rings (SSSR count). The van der Waals surface area contributed by atoms with Crippen molar-refractivity contribution in [1.29, 1.82) is 0 Å². The average Bonchev–Trinajstić information content (AvgIpc) is 3.09. The maximum atomic E-state index is 12.5. The van der Waals surface area contributed by atoms with Gasteiger partial charge in [0.15, 0.2) is 0 Å². The quantitative estimate of drug-likeness (QED) is 0.759. The fourth-order valence-corrected chi connectivity index (χ4v) is 2.79. The molecule has 0 N–H and O–H groups in total. The second-order valence-electron chi connectivity index (χ2n) is 4.08. The van der Waals surface area contributed by atoms with E-state index in [1.54, 1.807) is 0 Å².